The van der Waals surface area contributed by atoms with E-state index in [-0.39, 0.29) is 47.6 Å². The number of carbonyl (C=O) groups is 1. The molecule has 32 heavy (non-hydrogen) atoms. The van der Waals surface area contributed by atoms with Crippen molar-refractivity contribution in [3.63, 3.8) is 0 Å². The van der Waals surface area contributed by atoms with Crippen LogP contribution in [0.25, 0.3) is 0 Å². The van der Waals surface area contributed by atoms with Crippen molar-refractivity contribution in [3.8, 4) is 0 Å². The number of hydrogen-bond donors (Lipinski definition) is 2. The lowest BCUT2D eigenvalue weighted by Crippen LogP contribution is -2.62. The van der Waals surface area contributed by atoms with Gasteiger partial charge in [0.05, 0.1) is 5.41 Å². The monoisotopic (exact) mass is 448 g/mol. The Morgan fingerprint density at radius 2 is 1.62 bits per heavy atom. The molecule has 176 valence electrons. The van der Waals surface area contributed by atoms with E-state index in [1.54, 1.807) is 0 Å². The molecule has 0 radical (unpaired) electrons. The maximum atomic E-state index is 13.7. The van der Waals surface area contributed by atoms with Crippen molar-refractivity contribution in [1.29, 1.82) is 0 Å². The summed E-state index contributed by atoms with van der Waals surface area (Å²) in [6.07, 6.45) is 3.30. The van der Waals surface area contributed by atoms with Crippen LogP contribution in [0.4, 0.5) is 13.2 Å². The van der Waals surface area contributed by atoms with Crippen LogP contribution >= 0.6 is 0 Å². The molecule has 6 rings (SSSR count). The second-order valence-electron chi connectivity index (χ2n) is 11.3. The van der Waals surface area contributed by atoms with Crippen LogP contribution in [0, 0.1) is 23.2 Å². The molecule has 4 bridgehead atoms. The van der Waals surface area contributed by atoms with Crippen molar-refractivity contribution in [3.05, 3.63) is 35.9 Å². The lowest BCUT2D eigenvalue weighted by atomic mass is 9.39. The molecule has 2 unspecified atom stereocenters. The normalized spacial score (nSPS) is 40.9. The number of rotatable bonds is 5. The minimum absolute atomic E-state index is 0.0753. The molecule has 6 heteroatoms. The van der Waals surface area contributed by atoms with E-state index in [4.69, 9.17) is 5.73 Å². The van der Waals surface area contributed by atoms with E-state index in [1.807, 2.05) is 18.2 Å². The van der Waals surface area contributed by atoms with E-state index in [9.17, 15) is 18.0 Å². The minimum Gasteiger partial charge on any atom is -0.353 e. The molecule has 5 aliphatic rings. The fourth-order valence-electron chi connectivity index (χ4n) is 8.04. The summed E-state index contributed by atoms with van der Waals surface area (Å²) in [5.74, 6) is 0.637. The standard InChI is InChI=1S/C26H35F3N2O/c27-26(28,29)11-10-22-17-12-24(19-4-2-1-3-5-19)13-18(22)15-25(14-17,16-24)23(32)31-21-8-6-20(30)7-9-21/h1-5,17-18,20-22H,6-16,30H2,(H,31,32)/t17?,18?,20-,21-,22?,24?,25?. The van der Waals surface area contributed by atoms with Gasteiger partial charge in [0.25, 0.3) is 0 Å². The van der Waals surface area contributed by atoms with Gasteiger partial charge in [-0.2, -0.15) is 13.2 Å². The van der Waals surface area contributed by atoms with Crippen LogP contribution in [0.15, 0.2) is 30.3 Å². The average Bonchev–Trinajstić information content (AvgIpc) is 2.74. The highest BCUT2D eigenvalue weighted by Crippen LogP contribution is 2.68. The summed E-state index contributed by atoms with van der Waals surface area (Å²) in [7, 11) is 0. The van der Waals surface area contributed by atoms with Gasteiger partial charge >= 0.3 is 6.18 Å². The summed E-state index contributed by atoms with van der Waals surface area (Å²) in [6.45, 7) is 0. The number of hydrogen-bond acceptors (Lipinski definition) is 2. The van der Waals surface area contributed by atoms with E-state index in [1.165, 1.54) is 5.56 Å². The highest BCUT2D eigenvalue weighted by Gasteiger charge is 2.64. The van der Waals surface area contributed by atoms with E-state index in [0.717, 1.165) is 57.8 Å². The number of halogens is 3. The third-order valence-electron chi connectivity index (χ3n) is 9.24. The molecule has 3 N–H and O–H groups in total. The van der Waals surface area contributed by atoms with E-state index >= 15 is 0 Å². The molecule has 0 aromatic heterocycles. The SMILES string of the molecule is N[C@H]1CC[C@H](NC(=O)C23CC4CC(c5ccccc5)(CC(C2)C4CCC(F)(F)F)C3)CC1. The Bertz CT molecular complexity index is 815. The highest BCUT2D eigenvalue weighted by atomic mass is 19.4. The Morgan fingerprint density at radius 1 is 1.00 bits per heavy atom. The van der Waals surface area contributed by atoms with Crippen LogP contribution in [-0.4, -0.2) is 24.2 Å². The minimum atomic E-state index is -4.11. The first-order chi connectivity index (χ1) is 15.2. The van der Waals surface area contributed by atoms with Gasteiger partial charge < -0.3 is 11.1 Å². The second-order valence-corrected chi connectivity index (χ2v) is 11.3. The Morgan fingerprint density at radius 3 is 2.22 bits per heavy atom. The fourth-order valence-corrected chi connectivity index (χ4v) is 8.04. The van der Waals surface area contributed by atoms with Gasteiger partial charge in [-0.05, 0) is 92.9 Å². The second kappa shape index (κ2) is 8.03. The van der Waals surface area contributed by atoms with Crippen LogP contribution in [0.1, 0.15) is 76.2 Å². The van der Waals surface area contributed by atoms with Crippen LogP contribution in [0.5, 0.6) is 0 Å². The zero-order valence-corrected chi connectivity index (χ0v) is 18.7. The molecule has 0 saturated heterocycles. The van der Waals surface area contributed by atoms with Gasteiger partial charge in [0.1, 0.15) is 0 Å². The molecule has 1 amide bonds. The maximum absolute atomic E-state index is 13.7. The third kappa shape index (κ3) is 4.08. The van der Waals surface area contributed by atoms with Crippen LogP contribution in [-0.2, 0) is 10.2 Å². The largest absolute Gasteiger partial charge is 0.389 e. The predicted molar refractivity (Wildman–Crippen MR) is 118 cm³/mol. The van der Waals surface area contributed by atoms with Crippen molar-refractivity contribution < 1.29 is 18.0 Å². The number of nitrogens with two attached hydrogens (primary N) is 1. The molecule has 0 heterocycles. The summed E-state index contributed by atoms with van der Waals surface area (Å²) in [5.41, 5.74) is 6.80. The molecular formula is C26H35F3N2O. The lowest BCUT2D eigenvalue weighted by molar-refractivity contribution is -0.167. The number of amides is 1. The van der Waals surface area contributed by atoms with Crippen molar-refractivity contribution in [2.75, 3.05) is 0 Å². The van der Waals surface area contributed by atoms with E-state index in [2.05, 4.69) is 17.4 Å². The molecule has 0 aliphatic heterocycles. The molecular weight excluding hydrogens is 413 g/mol. The Balaban J connectivity index is 1.40. The summed E-state index contributed by atoms with van der Waals surface area (Å²) < 4.78 is 39.1. The molecule has 3 nitrogen and oxygen atoms in total. The van der Waals surface area contributed by atoms with Crippen LogP contribution < -0.4 is 11.1 Å². The molecule has 5 fully saturated rings. The number of nitrogens with one attached hydrogen (secondary N) is 1. The molecule has 5 aliphatic carbocycles. The van der Waals surface area contributed by atoms with Gasteiger partial charge in [-0.25, -0.2) is 0 Å². The first-order valence-electron chi connectivity index (χ1n) is 12.4. The summed E-state index contributed by atoms with van der Waals surface area (Å²) >= 11 is 0. The molecule has 2 atom stereocenters. The van der Waals surface area contributed by atoms with Gasteiger partial charge in [0.2, 0.25) is 5.91 Å². The quantitative estimate of drug-likeness (QED) is 0.627. The summed E-state index contributed by atoms with van der Waals surface area (Å²) in [4.78, 5) is 13.7. The number of alkyl halides is 3. The van der Waals surface area contributed by atoms with Gasteiger partial charge in [0.15, 0.2) is 0 Å². The predicted octanol–water partition coefficient (Wildman–Crippen LogP) is 5.48. The van der Waals surface area contributed by atoms with Crippen LogP contribution in [0.3, 0.4) is 0 Å². The highest BCUT2D eigenvalue weighted by molar-refractivity contribution is 5.84. The Labute approximate surface area is 188 Å². The third-order valence-corrected chi connectivity index (χ3v) is 9.24. The van der Waals surface area contributed by atoms with Gasteiger partial charge in [-0.3, -0.25) is 4.79 Å². The van der Waals surface area contributed by atoms with E-state index < -0.39 is 18.0 Å². The summed E-state index contributed by atoms with van der Waals surface area (Å²) in [5, 5.41) is 3.36. The molecule has 1 aromatic rings. The topological polar surface area (TPSA) is 55.1 Å². The smallest absolute Gasteiger partial charge is 0.353 e. The fraction of sp³-hybridized carbons (Fsp3) is 0.731. The van der Waals surface area contributed by atoms with Crippen molar-refractivity contribution in [1.82, 2.24) is 5.32 Å². The van der Waals surface area contributed by atoms with Crippen molar-refractivity contribution in [2.24, 2.45) is 28.9 Å². The molecule has 0 spiro atoms. The Kier molecular flexibility index (Phi) is 5.58. The zero-order valence-electron chi connectivity index (χ0n) is 18.7. The van der Waals surface area contributed by atoms with E-state index in [0.29, 0.717) is 0 Å². The lowest BCUT2D eigenvalue weighted by Gasteiger charge is -2.64. The van der Waals surface area contributed by atoms with Gasteiger partial charge in [0, 0.05) is 18.5 Å². The zero-order chi connectivity index (χ0) is 22.6. The first-order valence-corrected chi connectivity index (χ1v) is 12.4. The summed E-state index contributed by atoms with van der Waals surface area (Å²) in [6, 6.07) is 10.8. The number of carbonyl (C=O) groups excluding carboxylic acids is 1. The Hall–Kier alpha value is -1.56. The maximum Gasteiger partial charge on any atom is 0.389 e. The van der Waals surface area contributed by atoms with Gasteiger partial charge in [-0.1, -0.05) is 30.3 Å². The van der Waals surface area contributed by atoms with Crippen molar-refractivity contribution >= 4 is 5.91 Å². The number of benzene rings is 1. The molecule has 1 aromatic carbocycles. The van der Waals surface area contributed by atoms with Crippen LogP contribution in [0.2, 0.25) is 0 Å². The average molecular weight is 449 g/mol. The molecule has 5 saturated carbocycles. The first kappa shape index (κ1) is 22.2. The van der Waals surface area contributed by atoms with Gasteiger partial charge in [-0.15, -0.1) is 0 Å². The van der Waals surface area contributed by atoms with Crippen molar-refractivity contribution in [2.45, 2.75) is 94.3 Å².